The predicted octanol–water partition coefficient (Wildman–Crippen LogP) is 3.83. The van der Waals surface area contributed by atoms with Crippen LogP contribution < -0.4 is 5.32 Å². The van der Waals surface area contributed by atoms with E-state index in [9.17, 15) is 14.0 Å². The van der Waals surface area contributed by atoms with Gasteiger partial charge in [0, 0.05) is 30.0 Å². The molecule has 0 fully saturated rings. The average Bonchev–Trinajstić information content (AvgIpc) is 2.62. The van der Waals surface area contributed by atoms with Crippen molar-refractivity contribution in [1.82, 2.24) is 5.32 Å². The number of amides is 1. The van der Waals surface area contributed by atoms with E-state index in [1.54, 1.807) is 12.1 Å². The van der Waals surface area contributed by atoms with E-state index in [1.165, 1.54) is 12.1 Å². The number of carbonyl (C=O) groups is 2. The third-order valence-corrected chi connectivity index (χ3v) is 5.08. The second-order valence-corrected chi connectivity index (χ2v) is 6.69. The van der Waals surface area contributed by atoms with E-state index in [1.807, 2.05) is 30.3 Å². The van der Waals surface area contributed by atoms with Gasteiger partial charge in [0.2, 0.25) is 5.91 Å². The van der Waals surface area contributed by atoms with Crippen LogP contribution >= 0.6 is 0 Å². The molecule has 2 aromatic carbocycles. The molecule has 0 aromatic heterocycles. The first-order valence-electron chi connectivity index (χ1n) is 8.48. The van der Waals surface area contributed by atoms with Crippen molar-refractivity contribution in [2.24, 2.45) is 0 Å². The van der Waals surface area contributed by atoms with Crippen LogP contribution in [0.2, 0.25) is 0 Å². The molecular weight excluding hydrogens is 317 g/mol. The second kappa shape index (κ2) is 6.28. The lowest BCUT2D eigenvalue weighted by Gasteiger charge is -2.34. The Kier molecular flexibility index (Phi) is 3.96. The molecular formula is C21H18FNO2. The van der Waals surface area contributed by atoms with Crippen LogP contribution in [0.3, 0.4) is 0 Å². The lowest BCUT2D eigenvalue weighted by molar-refractivity contribution is -0.122. The smallest absolute Gasteiger partial charge is 0.225 e. The van der Waals surface area contributed by atoms with Gasteiger partial charge in [-0.25, -0.2) is 4.39 Å². The van der Waals surface area contributed by atoms with Gasteiger partial charge in [-0.3, -0.25) is 9.59 Å². The Morgan fingerprint density at radius 3 is 2.28 bits per heavy atom. The highest BCUT2D eigenvalue weighted by Crippen LogP contribution is 2.42. The monoisotopic (exact) mass is 335 g/mol. The largest absolute Gasteiger partial charge is 0.329 e. The molecule has 0 bridgehead atoms. The minimum absolute atomic E-state index is 0.0735. The molecule has 2 aromatic rings. The fourth-order valence-corrected chi connectivity index (χ4v) is 3.90. The van der Waals surface area contributed by atoms with Gasteiger partial charge in [-0.05, 0) is 35.6 Å². The molecule has 4 heteroatoms. The standard InChI is InChI=1S/C21H18FNO2/c22-16-8-6-14(7-9-16)17-12-20(25)23-18-10-15(11-19(24)21(17)18)13-4-2-1-3-5-13/h1-9,15,17H,10-12H2,(H,23,25). The van der Waals surface area contributed by atoms with E-state index in [-0.39, 0.29) is 35.8 Å². The summed E-state index contributed by atoms with van der Waals surface area (Å²) in [5.41, 5.74) is 3.35. The number of allylic oxidation sites excluding steroid dienone is 2. The summed E-state index contributed by atoms with van der Waals surface area (Å²) in [7, 11) is 0. The van der Waals surface area contributed by atoms with Gasteiger partial charge in [0.25, 0.3) is 0 Å². The van der Waals surface area contributed by atoms with Crippen molar-refractivity contribution in [3.63, 3.8) is 0 Å². The lowest BCUT2D eigenvalue weighted by atomic mass is 9.73. The summed E-state index contributed by atoms with van der Waals surface area (Å²) in [5, 5.41) is 2.91. The Morgan fingerprint density at radius 1 is 0.840 bits per heavy atom. The highest BCUT2D eigenvalue weighted by Gasteiger charge is 2.38. The fourth-order valence-electron chi connectivity index (χ4n) is 3.90. The number of hydrogen-bond acceptors (Lipinski definition) is 2. The number of carbonyl (C=O) groups excluding carboxylic acids is 2. The van der Waals surface area contributed by atoms with E-state index < -0.39 is 0 Å². The van der Waals surface area contributed by atoms with E-state index in [2.05, 4.69) is 5.32 Å². The number of hydrogen-bond donors (Lipinski definition) is 1. The van der Waals surface area contributed by atoms with Crippen LogP contribution in [0.4, 0.5) is 4.39 Å². The Labute approximate surface area is 145 Å². The molecule has 1 aliphatic carbocycles. The summed E-state index contributed by atoms with van der Waals surface area (Å²) in [5.74, 6) is -0.537. The van der Waals surface area contributed by atoms with Crippen LogP contribution in [0.1, 0.15) is 42.2 Å². The van der Waals surface area contributed by atoms with Gasteiger partial charge < -0.3 is 5.32 Å². The molecule has 3 nitrogen and oxygen atoms in total. The lowest BCUT2D eigenvalue weighted by Crippen LogP contribution is -2.38. The summed E-state index contributed by atoms with van der Waals surface area (Å²) in [6.07, 6.45) is 1.32. The van der Waals surface area contributed by atoms with E-state index in [4.69, 9.17) is 0 Å². The van der Waals surface area contributed by atoms with E-state index in [0.29, 0.717) is 18.4 Å². The maximum absolute atomic E-state index is 13.2. The molecule has 25 heavy (non-hydrogen) atoms. The summed E-state index contributed by atoms with van der Waals surface area (Å²) < 4.78 is 13.2. The third kappa shape index (κ3) is 3.00. The molecule has 1 heterocycles. The van der Waals surface area contributed by atoms with E-state index >= 15 is 0 Å². The van der Waals surface area contributed by atoms with Crippen molar-refractivity contribution in [2.75, 3.05) is 0 Å². The van der Waals surface area contributed by atoms with Crippen molar-refractivity contribution >= 4 is 11.7 Å². The van der Waals surface area contributed by atoms with Gasteiger partial charge in [0.05, 0.1) is 0 Å². The first kappa shape index (κ1) is 15.8. The van der Waals surface area contributed by atoms with Crippen LogP contribution in [-0.4, -0.2) is 11.7 Å². The summed E-state index contributed by atoms with van der Waals surface area (Å²) in [4.78, 5) is 25.1. The molecule has 1 aliphatic heterocycles. The molecule has 126 valence electrons. The van der Waals surface area contributed by atoms with Crippen molar-refractivity contribution in [1.29, 1.82) is 0 Å². The van der Waals surface area contributed by atoms with Crippen LogP contribution in [-0.2, 0) is 9.59 Å². The zero-order chi connectivity index (χ0) is 17.4. The number of Topliss-reactive ketones (excluding diaryl/α,β-unsaturated/α-hetero) is 1. The first-order chi connectivity index (χ1) is 12.1. The molecule has 2 aliphatic rings. The molecule has 0 radical (unpaired) electrons. The maximum atomic E-state index is 13.2. The molecule has 0 saturated heterocycles. The van der Waals surface area contributed by atoms with Gasteiger partial charge in [-0.1, -0.05) is 42.5 Å². The van der Waals surface area contributed by atoms with Gasteiger partial charge in [-0.2, -0.15) is 0 Å². The van der Waals surface area contributed by atoms with Gasteiger partial charge in [-0.15, -0.1) is 0 Å². The van der Waals surface area contributed by atoms with Crippen molar-refractivity contribution in [3.8, 4) is 0 Å². The topological polar surface area (TPSA) is 46.2 Å². The molecule has 2 unspecified atom stereocenters. The number of nitrogens with one attached hydrogen (secondary N) is 1. The molecule has 0 saturated carbocycles. The van der Waals surface area contributed by atoms with E-state index in [0.717, 1.165) is 16.8 Å². The Hall–Kier alpha value is -2.75. The number of ketones is 1. The van der Waals surface area contributed by atoms with Gasteiger partial charge >= 0.3 is 0 Å². The average molecular weight is 335 g/mol. The Balaban J connectivity index is 1.71. The predicted molar refractivity (Wildman–Crippen MR) is 92.4 cm³/mol. The minimum Gasteiger partial charge on any atom is -0.329 e. The van der Waals surface area contributed by atoms with Crippen molar-refractivity contribution in [2.45, 2.75) is 31.1 Å². The van der Waals surface area contributed by atoms with Gasteiger partial charge in [0.1, 0.15) is 5.82 Å². The summed E-state index contributed by atoms with van der Waals surface area (Å²) in [6.45, 7) is 0. The van der Waals surface area contributed by atoms with Crippen LogP contribution in [0.25, 0.3) is 0 Å². The van der Waals surface area contributed by atoms with Crippen molar-refractivity contribution < 1.29 is 14.0 Å². The number of benzene rings is 2. The highest BCUT2D eigenvalue weighted by molar-refractivity contribution is 6.02. The quantitative estimate of drug-likeness (QED) is 0.906. The Morgan fingerprint density at radius 2 is 1.56 bits per heavy atom. The number of halogens is 1. The summed E-state index contributed by atoms with van der Waals surface area (Å²) >= 11 is 0. The van der Waals surface area contributed by atoms with Crippen LogP contribution in [0.15, 0.2) is 65.9 Å². The SMILES string of the molecule is O=C1CC(c2ccc(F)cc2)C2=C(CC(c3ccccc3)CC2=O)N1. The molecule has 4 rings (SSSR count). The second-order valence-electron chi connectivity index (χ2n) is 6.69. The van der Waals surface area contributed by atoms with Gasteiger partial charge in [0.15, 0.2) is 5.78 Å². The number of rotatable bonds is 2. The van der Waals surface area contributed by atoms with Crippen LogP contribution in [0.5, 0.6) is 0 Å². The van der Waals surface area contributed by atoms with Crippen molar-refractivity contribution in [3.05, 3.63) is 82.8 Å². The third-order valence-electron chi connectivity index (χ3n) is 5.08. The fraction of sp³-hybridized carbons (Fsp3) is 0.238. The summed E-state index contributed by atoms with van der Waals surface area (Å²) in [6, 6.07) is 16.0. The highest BCUT2D eigenvalue weighted by atomic mass is 19.1. The zero-order valence-corrected chi connectivity index (χ0v) is 13.7. The minimum atomic E-state index is -0.322. The maximum Gasteiger partial charge on any atom is 0.225 e. The normalized spacial score (nSPS) is 23.2. The zero-order valence-electron chi connectivity index (χ0n) is 13.7. The molecule has 2 atom stereocenters. The first-order valence-corrected chi connectivity index (χ1v) is 8.48. The Bertz CT molecular complexity index is 855. The molecule has 0 spiro atoms. The van der Waals surface area contributed by atoms with Crippen LogP contribution in [0, 0.1) is 5.82 Å². The molecule has 1 N–H and O–H groups in total. The molecule has 1 amide bonds.